The van der Waals surface area contributed by atoms with Crippen molar-refractivity contribution in [1.29, 1.82) is 0 Å². The molecule has 2 fully saturated rings. The van der Waals surface area contributed by atoms with Gasteiger partial charge in [-0.2, -0.15) is 9.97 Å². The highest BCUT2D eigenvalue weighted by Gasteiger charge is 2.21. The lowest BCUT2D eigenvalue weighted by Crippen LogP contribution is -2.40. The van der Waals surface area contributed by atoms with E-state index < -0.39 is 0 Å². The van der Waals surface area contributed by atoms with Crippen LogP contribution in [0, 0.1) is 0 Å². The van der Waals surface area contributed by atoms with Crippen LogP contribution in [0.3, 0.4) is 0 Å². The zero-order valence-electron chi connectivity index (χ0n) is 22.4. The molecule has 0 saturated carbocycles. The maximum Gasteiger partial charge on any atom is 0.226 e. The van der Waals surface area contributed by atoms with Crippen molar-refractivity contribution in [3.05, 3.63) is 6.33 Å². The first-order valence-corrected chi connectivity index (χ1v) is 13.5. The number of amides is 1. The summed E-state index contributed by atoms with van der Waals surface area (Å²) in [5.74, 6) is 1.58. The predicted molar refractivity (Wildman–Crippen MR) is 142 cm³/mol. The topological polar surface area (TPSA) is 104 Å². The second kappa shape index (κ2) is 12.6. The SMILES string of the molecule is CC(C)N(CCNc1nc(NCCN2CCOCC2)nc2c1ncn2CCN1CCCC1=O)C(C)C. The van der Waals surface area contributed by atoms with Crippen LogP contribution < -0.4 is 10.6 Å². The maximum absolute atomic E-state index is 12.1. The van der Waals surface area contributed by atoms with Gasteiger partial charge < -0.3 is 24.8 Å². The minimum atomic E-state index is 0.238. The van der Waals surface area contributed by atoms with Crippen LogP contribution in [0.5, 0.6) is 0 Å². The lowest BCUT2D eigenvalue weighted by atomic mass is 10.2. The van der Waals surface area contributed by atoms with Crippen molar-refractivity contribution in [2.24, 2.45) is 0 Å². The molecule has 4 heterocycles. The van der Waals surface area contributed by atoms with Gasteiger partial charge in [-0.05, 0) is 34.1 Å². The molecular weight excluding hydrogens is 458 g/mol. The van der Waals surface area contributed by atoms with Gasteiger partial charge in [0.05, 0.1) is 19.5 Å². The van der Waals surface area contributed by atoms with Crippen LogP contribution in [-0.2, 0) is 16.1 Å². The summed E-state index contributed by atoms with van der Waals surface area (Å²) in [6.07, 6.45) is 3.42. The van der Waals surface area contributed by atoms with E-state index in [0.717, 1.165) is 82.4 Å². The monoisotopic (exact) mass is 501 g/mol. The Hall–Kier alpha value is -2.50. The van der Waals surface area contributed by atoms with Crippen molar-refractivity contribution < 1.29 is 9.53 Å². The molecule has 0 aliphatic carbocycles. The number of rotatable bonds is 13. The van der Waals surface area contributed by atoms with Gasteiger partial charge in [-0.3, -0.25) is 14.6 Å². The Morgan fingerprint density at radius 2 is 1.78 bits per heavy atom. The zero-order valence-corrected chi connectivity index (χ0v) is 22.4. The molecule has 0 unspecified atom stereocenters. The molecule has 2 aliphatic heterocycles. The van der Waals surface area contributed by atoms with E-state index in [-0.39, 0.29) is 5.91 Å². The number of aromatic nitrogens is 4. The van der Waals surface area contributed by atoms with Crippen LogP contribution in [0.2, 0.25) is 0 Å². The van der Waals surface area contributed by atoms with Crippen molar-refractivity contribution in [3.8, 4) is 0 Å². The number of hydrogen-bond acceptors (Lipinski definition) is 9. The Labute approximate surface area is 214 Å². The van der Waals surface area contributed by atoms with Gasteiger partial charge >= 0.3 is 0 Å². The van der Waals surface area contributed by atoms with E-state index in [0.29, 0.717) is 37.5 Å². The van der Waals surface area contributed by atoms with Gasteiger partial charge in [0.2, 0.25) is 11.9 Å². The molecule has 11 nitrogen and oxygen atoms in total. The highest BCUT2D eigenvalue weighted by molar-refractivity contribution is 5.84. The molecule has 2 N–H and O–H groups in total. The van der Waals surface area contributed by atoms with Crippen LogP contribution in [0.25, 0.3) is 11.2 Å². The molecule has 2 aliphatic rings. The summed E-state index contributed by atoms with van der Waals surface area (Å²) in [5.41, 5.74) is 1.56. The van der Waals surface area contributed by atoms with E-state index in [1.807, 2.05) is 15.8 Å². The molecule has 2 aromatic rings. The Morgan fingerprint density at radius 3 is 2.47 bits per heavy atom. The largest absolute Gasteiger partial charge is 0.379 e. The third kappa shape index (κ3) is 6.83. The molecule has 1 amide bonds. The first kappa shape index (κ1) is 26.6. The molecule has 11 heteroatoms. The summed E-state index contributed by atoms with van der Waals surface area (Å²) < 4.78 is 7.49. The quantitative estimate of drug-likeness (QED) is 0.425. The summed E-state index contributed by atoms with van der Waals surface area (Å²) in [5, 5.41) is 6.95. The number of morpholine rings is 1. The van der Waals surface area contributed by atoms with E-state index in [2.05, 4.69) is 53.1 Å². The lowest BCUT2D eigenvalue weighted by Gasteiger charge is -2.30. The number of ether oxygens (including phenoxy) is 1. The number of hydrogen-bond donors (Lipinski definition) is 2. The smallest absolute Gasteiger partial charge is 0.226 e. The molecule has 2 saturated heterocycles. The lowest BCUT2D eigenvalue weighted by molar-refractivity contribution is -0.127. The van der Waals surface area contributed by atoms with Crippen LogP contribution >= 0.6 is 0 Å². The Kier molecular flexibility index (Phi) is 9.33. The fourth-order valence-corrected chi connectivity index (χ4v) is 5.05. The maximum atomic E-state index is 12.1. The predicted octanol–water partition coefficient (Wildman–Crippen LogP) is 1.72. The van der Waals surface area contributed by atoms with Gasteiger partial charge in [0.1, 0.15) is 0 Å². The van der Waals surface area contributed by atoms with Crippen molar-refractivity contribution in [2.45, 2.75) is 59.2 Å². The number of nitrogens with zero attached hydrogens (tertiary/aromatic N) is 7. The van der Waals surface area contributed by atoms with Gasteiger partial charge in [-0.1, -0.05) is 0 Å². The van der Waals surface area contributed by atoms with Crippen LogP contribution in [0.15, 0.2) is 6.33 Å². The molecule has 4 rings (SSSR count). The minimum absolute atomic E-state index is 0.238. The van der Waals surface area contributed by atoms with Gasteiger partial charge in [-0.15, -0.1) is 0 Å². The Balaban J connectivity index is 1.47. The number of likely N-dealkylation sites (tertiary alicyclic amines) is 1. The zero-order chi connectivity index (χ0) is 25.5. The number of fused-ring (bicyclic) bond motifs is 1. The van der Waals surface area contributed by atoms with Gasteiger partial charge in [0, 0.05) is 77.4 Å². The Morgan fingerprint density at radius 1 is 1.00 bits per heavy atom. The number of carbonyl (C=O) groups excluding carboxylic acids is 1. The third-order valence-electron chi connectivity index (χ3n) is 7.05. The number of nitrogens with one attached hydrogen (secondary N) is 2. The van der Waals surface area contributed by atoms with Gasteiger partial charge in [0.15, 0.2) is 17.0 Å². The molecule has 0 atom stereocenters. The third-order valence-corrected chi connectivity index (χ3v) is 7.05. The first-order chi connectivity index (χ1) is 17.4. The molecule has 0 aromatic carbocycles. The van der Waals surface area contributed by atoms with Crippen LogP contribution in [0.1, 0.15) is 40.5 Å². The molecule has 0 radical (unpaired) electrons. The van der Waals surface area contributed by atoms with E-state index in [1.165, 1.54) is 0 Å². The van der Waals surface area contributed by atoms with Crippen molar-refractivity contribution in [1.82, 2.24) is 34.2 Å². The second-order valence-corrected chi connectivity index (χ2v) is 10.2. The van der Waals surface area contributed by atoms with E-state index in [9.17, 15) is 4.79 Å². The normalized spacial score (nSPS) is 17.3. The standard InChI is InChI=1S/C25H43N9O2/c1-19(2)34(20(3)4)11-8-26-23-22-24(33(18-28-22)13-12-32-9-5-6-21(32)35)30-25(29-23)27-7-10-31-14-16-36-17-15-31/h18-20H,5-17H2,1-4H3,(H2,26,27,29,30). The van der Waals surface area contributed by atoms with Crippen molar-refractivity contribution in [2.75, 3.05) is 76.2 Å². The van der Waals surface area contributed by atoms with Gasteiger partial charge in [-0.25, -0.2) is 4.98 Å². The molecule has 0 spiro atoms. The number of carbonyl (C=O) groups is 1. The average molecular weight is 502 g/mol. The summed E-state index contributed by atoms with van der Waals surface area (Å²) in [4.78, 5) is 33.1. The number of imidazole rings is 1. The van der Waals surface area contributed by atoms with E-state index in [1.54, 1.807) is 0 Å². The summed E-state index contributed by atoms with van der Waals surface area (Å²) >= 11 is 0. The molecule has 200 valence electrons. The summed E-state index contributed by atoms with van der Waals surface area (Å²) in [6, 6.07) is 0.948. The van der Waals surface area contributed by atoms with Crippen LogP contribution in [0.4, 0.5) is 11.8 Å². The highest BCUT2D eigenvalue weighted by Crippen LogP contribution is 2.21. The van der Waals surface area contributed by atoms with Crippen molar-refractivity contribution in [3.63, 3.8) is 0 Å². The summed E-state index contributed by atoms with van der Waals surface area (Å²) in [7, 11) is 0. The van der Waals surface area contributed by atoms with Crippen LogP contribution in [-0.4, -0.2) is 118 Å². The fourth-order valence-electron chi connectivity index (χ4n) is 5.05. The first-order valence-electron chi connectivity index (χ1n) is 13.5. The molecule has 36 heavy (non-hydrogen) atoms. The minimum Gasteiger partial charge on any atom is -0.379 e. The second-order valence-electron chi connectivity index (χ2n) is 10.2. The van der Waals surface area contributed by atoms with Gasteiger partial charge in [0.25, 0.3) is 0 Å². The van der Waals surface area contributed by atoms with Crippen molar-refractivity contribution >= 4 is 28.8 Å². The van der Waals surface area contributed by atoms with E-state index in [4.69, 9.17) is 14.7 Å². The molecule has 2 aromatic heterocycles. The Bertz CT molecular complexity index is 979. The summed E-state index contributed by atoms with van der Waals surface area (Å²) in [6.45, 7) is 17.9. The average Bonchev–Trinajstić information content (AvgIpc) is 3.46. The highest BCUT2D eigenvalue weighted by atomic mass is 16.5. The molecular formula is C25H43N9O2. The van der Waals surface area contributed by atoms with E-state index >= 15 is 0 Å². The fraction of sp³-hybridized carbons (Fsp3) is 0.760. The molecule has 0 bridgehead atoms. The number of anilines is 2.